The minimum absolute atomic E-state index is 0.232. The van der Waals surface area contributed by atoms with Crippen LogP contribution in [0.25, 0.3) is 0 Å². The minimum atomic E-state index is -0.610. The predicted molar refractivity (Wildman–Crippen MR) is 108 cm³/mol. The van der Waals surface area contributed by atoms with Crippen molar-refractivity contribution >= 4 is 34.8 Å². The summed E-state index contributed by atoms with van der Waals surface area (Å²) in [6, 6.07) is 14.5. The van der Waals surface area contributed by atoms with E-state index in [-0.39, 0.29) is 5.41 Å². The molecule has 3 heteroatoms. The fourth-order valence-electron chi connectivity index (χ4n) is 3.15. The lowest BCUT2D eigenvalue weighted by atomic mass is 9.75. The van der Waals surface area contributed by atoms with Crippen LogP contribution in [-0.2, 0) is 15.2 Å². The Hall–Kier alpha value is -0.690. The summed E-state index contributed by atoms with van der Waals surface area (Å²) >= 11 is 20.2. The zero-order valence-corrected chi connectivity index (χ0v) is 17.4. The van der Waals surface area contributed by atoms with E-state index in [0.29, 0.717) is 5.02 Å². The lowest BCUT2D eigenvalue weighted by Crippen LogP contribution is -2.24. The normalized spacial score (nSPS) is 13.2. The van der Waals surface area contributed by atoms with E-state index in [4.69, 9.17) is 34.8 Å². The Bertz CT molecular complexity index is 717. The number of hydrogen-bond acceptors (Lipinski definition) is 0. The van der Waals surface area contributed by atoms with Gasteiger partial charge in [0.15, 0.2) is 0 Å². The van der Waals surface area contributed by atoms with E-state index in [0.717, 1.165) is 16.7 Å². The summed E-state index contributed by atoms with van der Waals surface area (Å²) in [5.41, 5.74) is 3.92. The molecule has 130 valence electrons. The Kier molecular flexibility index (Phi) is 5.36. The van der Waals surface area contributed by atoms with E-state index in [9.17, 15) is 0 Å². The Labute approximate surface area is 161 Å². The molecule has 0 aliphatic rings. The van der Waals surface area contributed by atoms with Gasteiger partial charge in [-0.1, -0.05) is 67.9 Å². The summed E-state index contributed by atoms with van der Waals surface area (Å²) in [6.45, 7) is 12.2. The summed E-state index contributed by atoms with van der Waals surface area (Å²) in [5, 5.41) is 0.704. The van der Waals surface area contributed by atoms with E-state index in [1.165, 1.54) is 5.56 Å². The third-order valence-corrected chi connectivity index (χ3v) is 5.33. The van der Waals surface area contributed by atoms with Gasteiger partial charge in [-0.15, -0.1) is 23.2 Å². The standard InChI is InChI=1S/C21H25Cl3/c1-19(2,14-10-8-7-9-11-14)16-13-12-15(20(3,4)23)17(18(16)22)21(5,6)24/h7-13H,1-6H3. The third kappa shape index (κ3) is 3.77. The van der Waals surface area contributed by atoms with Crippen LogP contribution in [0.5, 0.6) is 0 Å². The molecule has 0 aliphatic heterocycles. The molecule has 0 atom stereocenters. The Morgan fingerprint density at radius 2 is 1.17 bits per heavy atom. The van der Waals surface area contributed by atoms with Gasteiger partial charge < -0.3 is 0 Å². The second-order valence-corrected chi connectivity index (χ2v) is 10.1. The van der Waals surface area contributed by atoms with Gasteiger partial charge in [-0.2, -0.15) is 0 Å². The zero-order valence-electron chi connectivity index (χ0n) is 15.2. The predicted octanol–water partition coefficient (Wildman–Crippen LogP) is 7.61. The van der Waals surface area contributed by atoms with Crippen molar-refractivity contribution in [3.05, 3.63) is 69.7 Å². The molecule has 0 heterocycles. The Morgan fingerprint density at radius 3 is 1.62 bits per heavy atom. The van der Waals surface area contributed by atoms with Crippen molar-refractivity contribution in [2.75, 3.05) is 0 Å². The molecule has 0 N–H and O–H groups in total. The van der Waals surface area contributed by atoms with Gasteiger partial charge in [0.25, 0.3) is 0 Å². The highest BCUT2D eigenvalue weighted by atomic mass is 35.5. The van der Waals surface area contributed by atoms with Crippen molar-refractivity contribution in [3.63, 3.8) is 0 Å². The second-order valence-electron chi connectivity index (χ2n) is 7.79. The van der Waals surface area contributed by atoms with E-state index < -0.39 is 9.75 Å². The molecule has 0 unspecified atom stereocenters. The maximum atomic E-state index is 6.90. The summed E-state index contributed by atoms with van der Waals surface area (Å²) in [5.74, 6) is 0. The fraction of sp³-hybridized carbons (Fsp3) is 0.429. The molecule has 2 rings (SSSR count). The summed E-state index contributed by atoms with van der Waals surface area (Å²) in [4.78, 5) is -1.15. The van der Waals surface area contributed by atoms with Crippen LogP contribution in [-0.4, -0.2) is 0 Å². The highest BCUT2D eigenvalue weighted by Gasteiger charge is 2.35. The molecule has 0 aromatic heterocycles. The van der Waals surface area contributed by atoms with Gasteiger partial charge in [0.05, 0.1) is 9.75 Å². The van der Waals surface area contributed by atoms with Crippen molar-refractivity contribution in [1.29, 1.82) is 0 Å². The number of hydrogen-bond donors (Lipinski definition) is 0. The molecule has 0 saturated heterocycles. The van der Waals surface area contributed by atoms with Crippen molar-refractivity contribution in [2.24, 2.45) is 0 Å². The van der Waals surface area contributed by atoms with Gasteiger partial charge >= 0.3 is 0 Å². The highest BCUT2D eigenvalue weighted by molar-refractivity contribution is 6.35. The summed E-state index contributed by atoms with van der Waals surface area (Å²) in [7, 11) is 0. The van der Waals surface area contributed by atoms with E-state index in [1.807, 2.05) is 45.9 Å². The van der Waals surface area contributed by atoms with Crippen LogP contribution in [0.15, 0.2) is 42.5 Å². The molecular formula is C21H25Cl3. The first kappa shape index (κ1) is 19.6. The molecular weight excluding hydrogens is 359 g/mol. The van der Waals surface area contributed by atoms with Crippen LogP contribution in [0.2, 0.25) is 5.02 Å². The molecule has 0 fully saturated rings. The van der Waals surface area contributed by atoms with Crippen molar-refractivity contribution in [2.45, 2.75) is 56.7 Å². The van der Waals surface area contributed by atoms with Crippen LogP contribution in [0.4, 0.5) is 0 Å². The van der Waals surface area contributed by atoms with Gasteiger partial charge in [0.2, 0.25) is 0 Å². The van der Waals surface area contributed by atoms with Crippen LogP contribution in [0, 0.1) is 0 Å². The van der Waals surface area contributed by atoms with Gasteiger partial charge in [-0.25, -0.2) is 0 Å². The van der Waals surface area contributed by atoms with Gasteiger partial charge in [0, 0.05) is 10.4 Å². The van der Waals surface area contributed by atoms with Gasteiger partial charge in [-0.3, -0.25) is 0 Å². The topological polar surface area (TPSA) is 0 Å². The van der Waals surface area contributed by atoms with Gasteiger partial charge in [-0.05, 0) is 49.9 Å². The lowest BCUT2D eigenvalue weighted by molar-refractivity contribution is 0.630. The SMILES string of the molecule is CC(C)(Cl)c1ccc(C(C)(C)c2ccccc2)c(Cl)c1C(C)(C)Cl. The smallest absolute Gasteiger partial charge is 0.0656 e. The maximum absolute atomic E-state index is 6.90. The van der Waals surface area contributed by atoms with E-state index in [2.05, 4.69) is 38.1 Å². The average Bonchev–Trinajstić information content (AvgIpc) is 2.45. The van der Waals surface area contributed by atoms with Crippen molar-refractivity contribution in [3.8, 4) is 0 Å². The first-order valence-corrected chi connectivity index (χ1v) is 9.27. The van der Waals surface area contributed by atoms with Crippen molar-refractivity contribution < 1.29 is 0 Å². The number of benzene rings is 2. The lowest BCUT2D eigenvalue weighted by Gasteiger charge is -2.33. The fourth-order valence-corrected chi connectivity index (χ4v) is 4.19. The van der Waals surface area contributed by atoms with Gasteiger partial charge in [0.1, 0.15) is 0 Å². The zero-order chi connectivity index (χ0) is 18.3. The molecule has 0 radical (unpaired) electrons. The largest absolute Gasteiger partial charge is 0.115 e. The molecule has 0 aliphatic carbocycles. The molecule has 0 saturated carbocycles. The van der Waals surface area contributed by atoms with Crippen LogP contribution < -0.4 is 0 Å². The van der Waals surface area contributed by atoms with E-state index in [1.54, 1.807) is 0 Å². The van der Waals surface area contributed by atoms with E-state index >= 15 is 0 Å². The second kappa shape index (κ2) is 6.56. The molecule has 2 aromatic rings. The monoisotopic (exact) mass is 382 g/mol. The van der Waals surface area contributed by atoms with Crippen LogP contribution >= 0.6 is 34.8 Å². The summed E-state index contributed by atoms with van der Waals surface area (Å²) in [6.07, 6.45) is 0. The molecule has 0 nitrogen and oxygen atoms in total. The minimum Gasteiger partial charge on any atom is -0.115 e. The molecule has 0 amide bonds. The molecule has 24 heavy (non-hydrogen) atoms. The first-order chi connectivity index (χ1) is 10.9. The number of rotatable bonds is 4. The Morgan fingerprint density at radius 1 is 0.667 bits per heavy atom. The maximum Gasteiger partial charge on any atom is 0.0656 e. The quantitative estimate of drug-likeness (QED) is 0.476. The van der Waals surface area contributed by atoms with Crippen LogP contribution in [0.1, 0.15) is 63.8 Å². The number of alkyl halides is 2. The summed E-state index contributed by atoms with van der Waals surface area (Å²) < 4.78 is 0. The average molecular weight is 384 g/mol. The van der Waals surface area contributed by atoms with Crippen molar-refractivity contribution in [1.82, 2.24) is 0 Å². The van der Waals surface area contributed by atoms with Crippen LogP contribution in [0.3, 0.4) is 0 Å². The first-order valence-electron chi connectivity index (χ1n) is 8.14. The molecule has 0 spiro atoms. The number of halogens is 3. The molecule has 0 bridgehead atoms. The Balaban J connectivity index is 2.75. The highest BCUT2D eigenvalue weighted by Crippen LogP contribution is 2.47. The third-order valence-electron chi connectivity index (χ3n) is 4.55. The molecule has 2 aromatic carbocycles.